The molecular weight excluding hydrogens is 330 g/mol. The lowest BCUT2D eigenvalue weighted by molar-refractivity contribution is -0.0209. The van der Waals surface area contributed by atoms with Crippen molar-refractivity contribution in [2.24, 2.45) is 0 Å². The van der Waals surface area contributed by atoms with E-state index in [1.807, 2.05) is 12.1 Å². The zero-order valence-electron chi connectivity index (χ0n) is 13.4. The number of rotatable bonds is 2. The van der Waals surface area contributed by atoms with E-state index in [1.165, 1.54) is 12.1 Å². The van der Waals surface area contributed by atoms with Crippen molar-refractivity contribution in [3.63, 3.8) is 0 Å². The van der Waals surface area contributed by atoms with Crippen LogP contribution in [0.2, 0.25) is 0 Å². The van der Waals surface area contributed by atoms with Gasteiger partial charge in [-0.3, -0.25) is 4.55 Å². The summed E-state index contributed by atoms with van der Waals surface area (Å²) in [5.41, 5.74) is 1.13. The van der Waals surface area contributed by atoms with Crippen LogP contribution in [0.25, 0.3) is 0 Å². The number of likely N-dealkylation sites (N-methyl/N-ethyl adjacent to an activating group) is 1. The summed E-state index contributed by atoms with van der Waals surface area (Å²) in [4.78, 5) is 2.18. The summed E-state index contributed by atoms with van der Waals surface area (Å²) in [5, 5.41) is 9.16. The Bertz CT molecular complexity index is 731. The molecule has 1 saturated heterocycles. The zero-order chi connectivity index (χ0) is 17.6. The second kappa shape index (κ2) is 8.25. The van der Waals surface area contributed by atoms with Crippen LogP contribution in [0.4, 0.5) is 0 Å². The van der Waals surface area contributed by atoms with E-state index in [0.29, 0.717) is 5.75 Å². The molecule has 2 N–H and O–H groups in total. The highest BCUT2D eigenvalue weighted by atomic mass is 32.2. The van der Waals surface area contributed by atoms with Gasteiger partial charge in [-0.2, -0.15) is 8.42 Å². The third-order valence-corrected chi connectivity index (χ3v) is 4.44. The minimum absolute atomic E-state index is 0.0741. The molecule has 1 atom stereocenters. The number of nitrogens with zero attached hydrogens (tertiary/aromatic N) is 1. The molecule has 1 heterocycles. The van der Waals surface area contributed by atoms with Crippen molar-refractivity contribution < 1.29 is 22.8 Å². The van der Waals surface area contributed by atoms with Crippen LogP contribution in [-0.2, 0) is 14.9 Å². The molecule has 0 bridgehead atoms. The molecule has 0 amide bonds. The van der Waals surface area contributed by atoms with Crippen LogP contribution in [0.15, 0.2) is 59.5 Å². The van der Waals surface area contributed by atoms with Crippen molar-refractivity contribution >= 4 is 10.1 Å². The highest BCUT2D eigenvalue weighted by Gasteiger charge is 2.18. The van der Waals surface area contributed by atoms with Crippen LogP contribution in [0.5, 0.6) is 5.75 Å². The van der Waals surface area contributed by atoms with E-state index in [2.05, 4.69) is 11.9 Å². The number of phenolic OH excluding ortho intramolecular Hbond substituents is 1. The van der Waals surface area contributed by atoms with E-state index < -0.39 is 10.1 Å². The molecule has 0 radical (unpaired) electrons. The molecule has 24 heavy (non-hydrogen) atoms. The number of benzene rings is 2. The van der Waals surface area contributed by atoms with Crippen molar-refractivity contribution in [1.82, 2.24) is 4.90 Å². The van der Waals surface area contributed by atoms with Gasteiger partial charge >= 0.3 is 0 Å². The summed E-state index contributed by atoms with van der Waals surface area (Å²) < 4.78 is 34.9. The minimum Gasteiger partial charge on any atom is -0.508 e. The van der Waals surface area contributed by atoms with Gasteiger partial charge in [-0.1, -0.05) is 30.3 Å². The van der Waals surface area contributed by atoms with E-state index in [9.17, 15) is 8.42 Å². The predicted octanol–water partition coefficient (Wildman–Crippen LogP) is 2.33. The summed E-state index contributed by atoms with van der Waals surface area (Å²) >= 11 is 0. The van der Waals surface area contributed by atoms with Gasteiger partial charge in [-0.25, -0.2) is 0 Å². The summed E-state index contributed by atoms with van der Waals surface area (Å²) in [6, 6.07) is 14.7. The summed E-state index contributed by atoms with van der Waals surface area (Å²) in [6.07, 6.45) is 0.148. The highest BCUT2D eigenvalue weighted by molar-refractivity contribution is 7.85. The first kappa shape index (κ1) is 18.4. The van der Waals surface area contributed by atoms with Gasteiger partial charge in [0, 0.05) is 13.1 Å². The molecule has 1 fully saturated rings. The fourth-order valence-electron chi connectivity index (χ4n) is 2.26. The number of hydrogen-bond acceptors (Lipinski definition) is 5. The SMILES string of the molecule is CN1CCO[C@H](c2ccc(O)cc2)C1.O=S(=O)(O)c1ccccc1. The number of morpholine rings is 1. The minimum atomic E-state index is -4.00. The zero-order valence-corrected chi connectivity index (χ0v) is 14.2. The monoisotopic (exact) mass is 351 g/mol. The maximum atomic E-state index is 10.4. The first-order valence-corrected chi connectivity index (χ1v) is 8.92. The van der Waals surface area contributed by atoms with Gasteiger partial charge in [0.15, 0.2) is 0 Å². The third kappa shape index (κ3) is 5.61. The molecule has 0 saturated carbocycles. The molecule has 0 spiro atoms. The van der Waals surface area contributed by atoms with Crippen LogP contribution < -0.4 is 0 Å². The normalized spacial score (nSPS) is 18.5. The maximum absolute atomic E-state index is 10.4. The van der Waals surface area contributed by atoms with Crippen molar-refractivity contribution in [1.29, 1.82) is 0 Å². The second-order valence-electron chi connectivity index (χ2n) is 5.50. The lowest BCUT2D eigenvalue weighted by Gasteiger charge is -2.30. The number of aromatic hydroxyl groups is 1. The van der Waals surface area contributed by atoms with Crippen LogP contribution in [-0.4, -0.2) is 49.7 Å². The van der Waals surface area contributed by atoms with E-state index >= 15 is 0 Å². The quantitative estimate of drug-likeness (QED) is 0.808. The van der Waals surface area contributed by atoms with Gasteiger partial charge in [0.25, 0.3) is 10.1 Å². The highest BCUT2D eigenvalue weighted by Crippen LogP contribution is 2.23. The third-order valence-electron chi connectivity index (χ3n) is 3.58. The summed E-state index contributed by atoms with van der Waals surface area (Å²) in [6.45, 7) is 2.70. The van der Waals surface area contributed by atoms with Gasteiger partial charge < -0.3 is 14.7 Å². The Morgan fingerprint density at radius 3 is 2.21 bits per heavy atom. The molecule has 130 valence electrons. The smallest absolute Gasteiger partial charge is 0.294 e. The average molecular weight is 351 g/mol. The van der Waals surface area contributed by atoms with Crippen LogP contribution in [0, 0.1) is 0 Å². The first-order chi connectivity index (χ1) is 11.4. The Morgan fingerprint density at radius 1 is 1.08 bits per heavy atom. The van der Waals surface area contributed by atoms with Crippen LogP contribution in [0.3, 0.4) is 0 Å². The van der Waals surface area contributed by atoms with Gasteiger partial charge in [0.1, 0.15) is 5.75 Å². The van der Waals surface area contributed by atoms with E-state index in [0.717, 1.165) is 25.3 Å². The van der Waals surface area contributed by atoms with Gasteiger partial charge in [0.2, 0.25) is 0 Å². The predicted molar refractivity (Wildman–Crippen MR) is 90.6 cm³/mol. The Morgan fingerprint density at radius 2 is 1.71 bits per heavy atom. The van der Waals surface area contributed by atoms with Crippen LogP contribution in [0.1, 0.15) is 11.7 Å². The number of hydrogen-bond donors (Lipinski definition) is 2. The molecule has 7 heteroatoms. The van der Waals surface area contributed by atoms with E-state index in [4.69, 9.17) is 14.4 Å². The molecule has 0 aliphatic carbocycles. The molecule has 6 nitrogen and oxygen atoms in total. The van der Waals surface area contributed by atoms with Gasteiger partial charge in [0.05, 0.1) is 17.6 Å². The van der Waals surface area contributed by atoms with Crippen molar-refractivity contribution in [2.75, 3.05) is 26.7 Å². The maximum Gasteiger partial charge on any atom is 0.294 e. The Hall–Kier alpha value is -1.93. The molecule has 3 rings (SSSR count). The topological polar surface area (TPSA) is 87.1 Å². The lowest BCUT2D eigenvalue weighted by atomic mass is 10.1. The van der Waals surface area contributed by atoms with E-state index in [-0.39, 0.29) is 11.0 Å². The molecule has 2 aromatic carbocycles. The van der Waals surface area contributed by atoms with E-state index in [1.54, 1.807) is 30.3 Å². The summed E-state index contributed by atoms with van der Waals surface area (Å²) in [7, 11) is -1.91. The fraction of sp³-hybridized carbons (Fsp3) is 0.294. The van der Waals surface area contributed by atoms with Crippen molar-refractivity contribution in [3.8, 4) is 5.75 Å². The molecular formula is C17H21NO5S. The first-order valence-electron chi connectivity index (χ1n) is 7.48. The summed E-state index contributed by atoms with van der Waals surface area (Å²) in [5.74, 6) is 0.304. The largest absolute Gasteiger partial charge is 0.508 e. The van der Waals surface area contributed by atoms with Crippen molar-refractivity contribution in [2.45, 2.75) is 11.0 Å². The second-order valence-corrected chi connectivity index (χ2v) is 6.92. The molecule has 1 aliphatic rings. The number of phenols is 1. The average Bonchev–Trinajstić information content (AvgIpc) is 2.56. The molecule has 2 aromatic rings. The molecule has 0 unspecified atom stereocenters. The molecule has 1 aliphatic heterocycles. The Labute approximate surface area is 142 Å². The van der Waals surface area contributed by atoms with Gasteiger partial charge in [-0.15, -0.1) is 0 Å². The Balaban J connectivity index is 0.000000185. The molecule has 0 aromatic heterocycles. The number of ether oxygens (including phenoxy) is 1. The standard InChI is InChI=1S/C11H15NO2.C6H6O3S/c1-12-6-7-14-11(8-12)9-2-4-10(13)5-3-9;7-10(8,9)6-4-2-1-3-5-6/h2-5,11,13H,6-8H2,1H3;1-5H,(H,7,8,9)/t11-;/m0./s1. The fourth-order valence-corrected chi connectivity index (χ4v) is 2.76. The van der Waals surface area contributed by atoms with Gasteiger partial charge in [-0.05, 0) is 36.9 Å². The Kier molecular flexibility index (Phi) is 6.33. The van der Waals surface area contributed by atoms with Crippen molar-refractivity contribution in [3.05, 3.63) is 60.2 Å². The van der Waals surface area contributed by atoms with Crippen LogP contribution >= 0.6 is 0 Å². The lowest BCUT2D eigenvalue weighted by Crippen LogP contribution is -2.35.